The smallest absolute Gasteiger partial charge is 0.306 e. The van der Waals surface area contributed by atoms with Crippen molar-refractivity contribution in [3.63, 3.8) is 0 Å². The number of esters is 1. The van der Waals surface area contributed by atoms with E-state index >= 15 is 0 Å². The zero-order valence-electron chi connectivity index (χ0n) is 15.7. The van der Waals surface area contributed by atoms with E-state index in [4.69, 9.17) is 9.47 Å². The van der Waals surface area contributed by atoms with Crippen molar-refractivity contribution in [3.8, 4) is 5.75 Å². The Morgan fingerprint density at radius 2 is 1.85 bits per heavy atom. The van der Waals surface area contributed by atoms with E-state index in [1.54, 1.807) is 0 Å². The molecule has 0 aliphatic carbocycles. The van der Waals surface area contributed by atoms with Crippen LogP contribution in [-0.4, -0.2) is 41.7 Å². The van der Waals surface area contributed by atoms with E-state index in [2.05, 4.69) is 9.97 Å². The molecule has 144 valence electrons. The highest BCUT2D eigenvalue weighted by Crippen LogP contribution is 2.19. The molecule has 0 fully saturated rings. The van der Waals surface area contributed by atoms with Gasteiger partial charge < -0.3 is 9.47 Å². The van der Waals surface area contributed by atoms with E-state index < -0.39 is 24.2 Å². The summed E-state index contributed by atoms with van der Waals surface area (Å²) in [6.45, 7) is 3.30. The van der Waals surface area contributed by atoms with Gasteiger partial charge in [-0.2, -0.15) is 0 Å². The standard InChI is InChI=1S/C19H21FN2O4S/c1-11-14(12(2)22-19(21-11)27-4)6-8-18(24)26-10-16(23)13-5-7-17(25-3)15(20)9-13/h5,7,9H,6,8,10H2,1-4H3. The molecule has 0 atom stereocenters. The van der Waals surface area contributed by atoms with Crippen LogP contribution in [0.25, 0.3) is 0 Å². The summed E-state index contributed by atoms with van der Waals surface area (Å²) >= 11 is 1.46. The minimum atomic E-state index is -0.644. The topological polar surface area (TPSA) is 78.4 Å². The second-order valence-electron chi connectivity index (χ2n) is 5.79. The number of nitrogens with zero attached hydrogens (tertiary/aromatic N) is 2. The molecule has 2 aromatic rings. The molecule has 6 nitrogen and oxygen atoms in total. The molecule has 0 unspecified atom stereocenters. The Hall–Kier alpha value is -2.48. The van der Waals surface area contributed by atoms with Crippen LogP contribution in [0.5, 0.6) is 5.75 Å². The Balaban J connectivity index is 1.89. The quantitative estimate of drug-likeness (QED) is 0.295. The molecule has 0 amide bonds. The molecule has 2 rings (SSSR count). The van der Waals surface area contributed by atoms with Crippen LogP contribution in [0, 0.1) is 19.7 Å². The predicted octanol–water partition coefficient (Wildman–Crippen LogP) is 3.32. The number of ketones is 1. The number of Topliss-reactive ketones (excluding diaryl/α,β-unsaturated/α-hetero) is 1. The summed E-state index contributed by atoms with van der Waals surface area (Å²) in [6.07, 6.45) is 2.43. The van der Waals surface area contributed by atoms with Gasteiger partial charge in [0.15, 0.2) is 29.1 Å². The van der Waals surface area contributed by atoms with Crippen LogP contribution in [0.1, 0.15) is 33.7 Å². The van der Waals surface area contributed by atoms with Crippen LogP contribution in [0.15, 0.2) is 23.4 Å². The van der Waals surface area contributed by atoms with Gasteiger partial charge in [-0.25, -0.2) is 14.4 Å². The van der Waals surface area contributed by atoms with Gasteiger partial charge in [0.2, 0.25) is 0 Å². The van der Waals surface area contributed by atoms with Crippen molar-refractivity contribution in [2.75, 3.05) is 20.0 Å². The summed E-state index contributed by atoms with van der Waals surface area (Å²) in [4.78, 5) is 32.7. The van der Waals surface area contributed by atoms with Crippen molar-refractivity contribution >= 4 is 23.5 Å². The Morgan fingerprint density at radius 3 is 2.41 bits per heavy atom. The number of benzene rings is 1. The molecule has 0 aliphatic rings. The van der Waals surface area contributed by atoms with Crippen LogP contribution in [-0.2, 0) is 16.0 Å². The maximum Gasteiger partial charge on any atom is 0.306 e. The first-order chi connectivity index (χ1) is 12.8. The highest BCUT2D eigenvalue weighted by Gasteiger charge is 2.14. The number of thioether (sulfide) groups is 1. The third kappa shape index (κ3) is 5.50. The van der Waals surface area contributed by atoms with Gasteiger partial charge in [0.1, 0.15) is 0 Å². The van der Waals surface area contributed by atoms with Crippen molar-refractivity contribution < 1.29 is 23.5 Å². The Bertz CT molecular complexity index is 835. The van der Waals surface area contributed by atoms with Gasteiger partial charge in [0.05, 0.1) is 7.11 Å². The van der Waals surface area contributed by atoms with Crippen molar-refractivity contribution in [1.82, 2.24) is 9.97 Å². The number of halogens is 1. The van der Waals surface area contributed by atoms with E-state index in [0.717, 1.165) is 23.0 Å². The number of aromatic nitrogens is 2. The average Bonchev–Trinajstić information content (AvgIpc) is 2.65. The second kappa shape index (κ2) is 9.45. The first-order valence-corrected chi connectivity index (χ1v) is 9.48. The van der Waals surface area contributed by atoms with E-state index in [1.165, 1.54) is 31.0 Å². The van der Waals surface area contributed by atoms with E-state index in [9.17, 15) is 14.0 Å². The van der Waals surface area contributed by atoms with Crippen molar-refractivity contribution in [2.45, 2.75) is 31.8 Å². The fourth-order valence-corrected chi connectivity index (χ4v) is 2.99. The third-order valence-electron chi connectivity index (χ3n) is 4.00. The number of carbonyl (C=O) groups excluding carboxylic acids is 2. The fraction of sp³-hybridized carbons (Fsp3) is 0.368. The van der Waals surface area contributed by atoms with Gasteiger partial charge in [-0.15, -0.1) is 0 Å². The summed E-state index contributed by atoms with van der Waals surface area (Å²) < 4.78 is 23.5. The van der Waals surface area contributed by atoms with Crippen LogP contribution in [0.2, 0.25) is 0 Å². The molecule has 0 aliphatic heterocycles. The zero-order chi connectivity index (χ0) is 20.0. The van der Waals surface area contributed by atoms with Gasteiger partial charge in [0, 0.05) is 23.4 Å². The van der Waals surface area contributed by atoms with Crippen molar-refractivity contribution in [1.29, 1.82) is 0 Å². The first kappa shape index (κ1) is 20.8. The van der Waals surface area contributed by atoms with Crippen LogP contribution >= 0.6 is 11.8 Å². The van der Waals surface area contributed by atoms with Crippen molar-refractivity contribution in [3.05, 3.63) is 46.5 Å². The lowest BCUT2D eigenvalue weighted by atomic mass is 10.1. The number of hydrogen-bond donors (Lipinski definition) is 0. The summed E-state index contributed by atoms with van der Waals surface area (Å²) in [7, 11) is 1.34. The summed E-state index contributed by atoms with van der Waals surface area (Å²) in [5.74, 6) is -1.59. The lowest BCUT2D eigenvalue weighted by Crippen LogP contribution is -2.15. The SMILES string of the molecule is COc1ccc(C(=O)COC(=O)CCc2c(C)nc(SC)nc2C)cc1F. The summed E-state index contributed by atoms with van der Waals surface area (Å²) in [6, 6.07) is 3.84. The van der Waals surface area contributed by atoms with Crippen LogP contribution in [0.3, 0.4) is 0 Å². The monoisotopic (exact) mass is 392 g/mol. The molecule has 0 radical (unpaired) electrons. The number of hydrogen-bond acceptors (Lipinski definition) is 7. The number of ether oxygens (including phenoxy) is 2. The van der Waals surface area contributed by atoms with Gasteiger partial charge in [0.25, 0.3) is 0 Å². The summed E-state index contributed by atoms with van der Waals surface area (Å²) in [5, 5.41) is 0.689. The zero-order valence-corrected chi connectivity index (χ0v) is 16.5. The molecule has 1 aromatic heterocycles. The Morgan fingerprint density at radius 1 is 1.19 bits per heavy atom. The molecular weight excluding hydrogens is 371 g/mol. The highest BCUT2D eigenvalue weighted by atomic mass is 32.2. The molecule has 27 heavy (non-hydrogen) atoms. The van der Waals surface area contributed by atoms with Gasteiger partial charge in [-0.05, 0) is 50.3 Å². The minimum Gasteiger partial charge on any atom is -0.494 e. The molecule has 0 bridgehead atoms. The van der Waals surface area contributed by atoms with Gasteiger partial charge in [-0.3, -0.25) is 9.59 Å². The Kier molecular flexibility index (Phi) is 7.29. The van der Waals surface area contributed by atoms with Crippen LogP contribution in [0.4, 0.5) is 4.39 Å². The summed E-state index contributed by atoms with van der Waals surface area (Å²) in [5.41, 5.74) is 2.66. The number of carbonyl (C=O) groups is 2. The van der Waals surface area contributed by atoms with E-state index in [-0.39, 0.29) is 17.7 Å². The maximum atomic E-state index is 13.6. The lowest BCUT2D eigenvalue weighted by Gasteiger charge is -2.10. The first-order valence-electron chi connectivity index (χ1n) is 8.26. The third-order valence-corrected chi connectivity index (χ3v) is 4.55. The molecule has 0 saturated carbocycles. The number of aryl methyl sites for hydroxylation is 2. The molecule has 8 heteroatoms. The minimum absolute atomic E-state index is 0.0454. The molecule has 0 N–H and O–H groups in total. The molecule has 1 aromatic carbocycles. The normalized spacial score (nSPS) is 10.6. The molecule has 0 spiro atoms. The number of methoxy groups -OCH3 is 1. The van der Waals surface area contributed by atoms with E-state index in [1.807, 2.05) is 20.1 Å². The maximum absolute atomic E-state index is 13.6. The number of rotatable bonds is 8. The largest absolute Gasteiger partial charge is 0.494 e. The van der Waals surface area contributed by atoms with Gasteiger partial charge >= 0.3 is 5.97 Å². The second-order valence-corrected chi connectivity index (χ2v) is 6.57. The molecular formula is C19H21FN2O4S. The van der Waals surface area contributed by atoms with Crippen molar-refractivity contribution in [2.24, 2.45) is 0 Å². The predicted molar refractivity (Wildman–Crippen MR) is 99.8 cm³/mol. The lowest BCUT2D eigenvalue weighted by molar-refractivity contribution is -0.142. The van der Waals surface area contributed by atoms with Crippen LogP contribution < -0.4 is 4.74 Å². The fourth-order valence-electron chi connectivity index (χ4n) is 2.53. The van der Waals surface area contributed by atoms with Gasteiger partial charge in [-0.1, -0.05) is 11.8 Å². The molecule has 0 saturated heterocycles. The average molecular weight is 392 g/mol. The highest BCUT2D eigenvalue weighted by molar-refractivity contribution is 7.98. The van der Waals surface area contributed by atoms with E-state index in [0.29, 0.717) is 11.6 Å². The molecule has 1 heterocycles. The Labute approximate surface area is 161 Å².